The van der Waals surface area contributed by atoms with Crippen LogP contribution in [0, 0.1) is 11.8 Å². The van der Waals surface area contributed by atoms with Crippen molar-refractivity contribution in [2.75, 3.05) is 45.9 Å². The first-order chi connectivity index (χ1) is 10.2. The predicted octanol–water partition coefficient (Wildman–Crippen LogP) is 2.12. The molecule has 1 aromatic rings. The SMILES string of the molecule is COCCNCc1sc(N(C)CC2CC2C)nc1COC. The second-order valence-electron chi connectivity index (χ2n) is 5.82. The average Bonchev–Trinajstić information content (AvgIpc) is 2.99. The Kier molecular flexibility index (Phi) is 6.41. The summed E-state index contributed by atoms with van der Waals surface area (Å²) in [5.74, 6) is 1.72. The molecule has 0 spiro atoms. The molecule has 1 aliphatic rings. The summed E-state index contributed by atoms with van der Waals surface area (Å²) in [4.78, 5) is 8.30. The molecule has 2 unspecified atom stereocenters. The summed E-state index contributed by atoms with van der Waals surface area (Å²) < 4.78 is 10.3. The zero-order valence-electron chi connectivity index (χ0n) is 13.5. The summed E-state index contributed by atoms with van der Waals surface area (Å²) in [7, 11) is 5.58. The molecule has 0 aliphatic heterocycles. The average molecular weight is 313 g/mol. The zero-order valence-corrected chi connectivity index (χ0v) is 14.3. The Balaban J connectivity index is 1.94. The minimum absolute atomic E-state index is 0.575. The highest BCUT2D eigenvalue weighted by molar-refractivity contribution is 7.15. The molecule has 2 rings (SSSR count). The monoisotopic (exact) mass is 313 g/mol. The van der Waals surface area contributed by atoms with Crippen molar-refractivity contribution in [3.8, 4) is 0 Å². The van der Waals surface area contributed by atoms with Crippen LogP contribution in [-0.4, -0.2) is 45.9 Å². The third-order valence-corrected chi connectivity index (χ3v) is 5.14. The van der Waals surface area contributed by atoms with Crippen LogP contribution in [0.25, 0.3) is 0 Å². The summed E-state index contributed by atoms with van der Waals surface area (Å²) in [6, 6.07) is 0. The van der Waals surface area contributed by atoms with E-state index in [2.05, 4.69) is 24.2 Å². The van der Waals surface area contributed by atoms with Gasteiger partial charge < -0.3 is 19.7 Å². The van der Waals surface area contributed by atoms with E-state index in [4.69, 9.17) is 14.5 Å². The lowest BCUT2D eigenvalue weighted by Crippen LogP contribution is -2.20. The molecule has 1 aromatic heterocycles. The molecule has 0 amide bonds. The fraction of sp³-hybridized carbons (Fsp3) is 0.800. The van der Waals surface area contributed by atoms with E-state index in [-0.39, 0.29) is 0 Å². The lowest BCUT2D eigenvalue weighted by Gasteiger charge is -2.15. The molecule has 5 nitrogen and oxygen atoms in total. The van der Waals surface area contributed by atoms with Gasteiger partial charge in [-0.25, -0.2) is 4.98 Å². The Morgan fingerprint density at radius 3 is 2.76 bits per heavy atom. The predicted molar refractivity (Wildman–Crippen MR) is 87.0 cm³/mol. The van der Waals surface area contributed by atoms with E-state index in [0.717, 1.165) is 48.9 Å². The van der Waals surface area contributed by atoms with Crippen molar-refractivity contribution >= 4 is 16.5 Å². The molecule has 21 heavy (non-hydrogen) atoms. The van der Waals surface area contributed by atoms with Crippen LogP contribution < -0.4 is 10.2 Å². The van der Waals surface area contributed by atoms with Crippen molar-refractivity contribution in [3.63, 3.8) is 0 Å². The van der Waals surface area contributed by atoms with Crippen LogP contribution in [0.3, 0.4) is 0 Å². The van der Waals surface area contributed by atoms with Crippen LogP contribution >= 0.6 is 11.3 Å². The molecule has 1 fully saturated rings. The van der Waals surface area contributed by atoms with Gasteiger partial charge in [0.25, 0.3) is 0 Å². The van der Waals surface area contributed by atoms with Crippen molar-refractivity contribution in [1.29, 1.82) is 0 Å². The quantitative estimate of drug-likeness (QED) is 0.671. The van der Waals surface area contributed by atoms with Gasteiger partial charge in [-0.1, -0.05) is 6.92 Å². The molecule has 0 saturated heterocycles. The second kappa shape index (κ2) is 8.08. The fourth-order valence-corrected chi connectivity index (χ4v) is 3.38. The number of aromatic nitrogens is 1. The number of nitrogens with zero attached hydrogens (tertiary/aromatic N) is 2. The minimum atomic E-state index is 0.575. The molecule has 2 atom stereocenters. The normalized spacial score (nSPS) is 20.8. The van der Waals surface area contributed by atoms with Crippen LogP contribution in [0.4, 0.5) is 5.13 Å². The highest BCUT2D eigenvalue weighted by Crippen LogP contribution is 2.39. The van der Waals surface area contributed by atoms with E-state index >= 15 is 0 Å². The maximum atomic E-state index is 5.27. The maximum absolute atomic E-state index is 5.27. The number of ether oxygens (including phenoxy) is 2. The van der Waals surface area contributed by atoms with E-state index in [0.29, 0.717) is 6.61 Å². The van der Waals surface area contributed by atoms with E-state index in [1.54, 1.807) is 25.6 Å². The summed E-state index contributed by atoms with van der Waals surface area (Å²) in [6.45, 7) is 6.41. The smallest absolute Gasteiger partial charge is 0.185 e. The highest BCUT2D eigenvalue weighted by atomic mass is 32.1. The molecule has 0 aromatic carbocycles. The zero-order chi connectivity index (χ0) is 15.2. The van der Waals surface area contributed by atoms with Gasteiger partial charge in [0, 0.05) is 45.8 Å². The van der Waals surface area contributed by atoms with E-state index in [1.807, 2.05) is 0 Å². The topological polar surface area (TPSA) is 46.6 Å². The standard InChI is InChI=1S/C15H27N3O2S/c1-11-7-12(11)9-18(2)15-17-13(10-20-4)14(21-15)8-16-5-6-19-3/h11-12,16H,5-10H2,1-4H3. The first kappa shape index (κ1) is 16.7. The number of hydrogen-bond donors (Lipinski definition) is 1. The third-order valence-electron chi connectivity index (χ3n) is 3.93. The van der Waals surface area contributed by atoms with Gasteiger partial charge in [-0.15, -0.1) is 11.3 Å². The van der Waals surface area contributed by atoms with Gasteiger partial charge in [-0.2, -0.15) is 0 Å². The first-order valence-electron chi connectivity index (χ1n) is 7.54. The molecular formula is C15H27N3O2S. The minimum Gasteiger partial charge on any atom is -0.383 e. The Hall–Kier alpha value is -0.690. The van der Waals surface area contributed by atoms with Crippen LogP contribution in [0.2, 0.25) is 0 Å². The highest BCUT2D eigenvalue weighted by Gasteiger charge is 2.33. The van der Waals surface area contributed by atoms with Crippen LogP contribution in [-0.2, 0) is 22.6 Å². The van der Waals surface area contributed by atoms with Crippen molar-refractivity contribution in [2.45, 2.75) is 26.5 Å². The van der Waals surface area contributed by atoms with Crippen LogP contribution in [0.1, 0.15) is 23.9 Å². The van der Waals surface area contributed by atoms with Crippen molar-refractivity contribution in [1.82, 2.24) is 10.3 Å². The van der Waals surface area contributed by atoms with Gasteiger partial charge in [0.2, 0.25) is 0 Å². The number of nitrogens with one attached hydrogen (secondary N) is 1. The molecule has 1 N–H and O–H groups in total. The molecule has 0 bridgehead atoms. The summed E-state index contributed by atoms with van der Waals surface area (Å²) in [5.41, 5.74) is 1.05. The van der Waals surface area contributed by atoms with Gasteiger partial charge in [0.15, 0.2) is 5.13 Å². The second-order valence-corrected chi connectivity index (χ2v) is 6.88. The molecule has 6 heteroatoms. The Morgan fingerprint density at radius 2 is 2.14 bits per heavy atom. The molecular weight excluding hydrogens is 286 g/mol. The lowest BCUT2D eigenvalue weighted by atomic mass is 10.3. The van der Waals surface area contributed by atoms with Crippen LogP contribution in [0.15, 0.2) is 0 Å². The Bertz CT molecular complexity index is 439. The van der Waals surface area contributed by atoms with Gasteiger partial charge in [-0.05, 0) is 18.3 Å². The fourth-order valence-electron chi connectivity index (χ4n) is 2.38. The number of rotatable bonds is 10. The number of thiazole rings is 1. The van der Waals surface area contributed by atoms with Gasteiger partial charge >= 0.3 is 0 Å². The van der Waals surface area contributed by atoms with Crippen LogP contribution in [0.5, 0.6) is 0 Å². The summed E-state index contributed by atoms with van der Waals surface area (Å²) in [5, 5.41) is 4.49. The van der Waals surface area contributed by atoms with E-state index in [9.17, 15) is 0 Å². The number of anilines is 1. The van der Waals surface area contributed by atoms with Gasteiger partial charge in [0.1, 0.15) is 0 Å². The Labute approximate surface area is 131 Å². The molecule has 1 heterocycles. The third kappa shape index (κ3) is 4.92. The summed E-state index contributed by atoms with van der Waals surface area (Å²) in [6.07, 6.45) is 1.35. The largest absolute Gasteiger partial charge is 0.383 e. The first-order valence-corrected chi connectivity index (χ1v) is 8.35. The molecule has 0 radical (unpaired) electrons. The maximum Gasteiger partial charge on any atom is 0.185 e. The van der Waals surface area contributed by atoms with E-state index in [1.165, 1.54) is 11.3 Å². The van der Waals surface area contributed by atoms with Crippen molar-refractivity contribution in [3.05, 3.63) is 10.6 Å². The number of methoxy groups -OCH3 is 2. The molecule has 1 saturated carbocycles. The Morgan fingerprint density at radius 1 is 1.38 bits per heavy atom. The number of hydrogen-bond acceptors (Lipinski definition) is 6. The van der Waals surface area contributed by atoms with Crippen molar-refractivity contribution < 1.29 is 9.47 Å². The summed E-state index contributed by atoms with van der Waals surface area (Å²) >= 11 is 1.77. The molecule has 120 valence electrons. The van der Waals surface area contributed by atoms with Gasteiger partial charge in [-0.3, -0.25) is 0 Å². The lowest BCUT2D eigenvalue weighted by molar-refractivity contribution is 0.181. The van der Waals surface area contributed by atoms with E-state index < -0.39 is 0 Å². The van der Waals surface area contributed by atoms with Crippen molar-refractivity contribution in [2.24, 2.45) is 11.8 Å². The molecule has 1 aliphatic carbocycles. The van der Waals surface area contributed by atoms with Gasteiger partial charge in [0.05, 0.1) is 18.9 Å².